The van der Waals surface area contributed by atoms with E-state index in [1.54, 1.807) is 0 Å². The molecule has 0 aliphatic carbocycles. The quantitative estimate of drug-likeness (QED) is 0.306. The minimum absolute atomic E-state index is 0. The smallest absolute Gasteiger partial charge is 0.0487 e. The van der Waals surface area contributed by atoms with E-state index in [1.807, 2.05) is 27.7 Å². The molecule has 168 valence electrons. The molecule has 0 unspecified atom stereocenters. The predicted molar refractivity (Wildman–Crippen MR) is 96.9 cm³/mol. The van der Waals surface area contributed by atoms with Crippen LogP contribution in [0.2, 0.25) is 0 Å². The van der Waals surface area contributed by atoms with Crippen molar-refractivity contribution in [1.29, 1.82) is 0 Å². The summed E-state index contributed by atoms with van der Waals surface area (Å²) in [6.07, 6.45) is 4.79. The van der Waals surface area contributed by atoms with Crippen molar-refractivity contribution in [3.8, 4) is 0 Å². The maximum absolute atomic E-state index is 9.71. The fourth-order valence-electron chi connectivity index (χ4n) is 0.908. The number of hydrogen-bond donors (Lipinski definition) is 0. The summed E-state index contributed by atoms with van der Waals surface area (Å²) in [6, 6.07) is 0. The van der Waals surface area contributed by atoms with Gasteiger partial charge < -0.3 is 51.5 Å². The van der Waals surface area contributed by atoms with Gasteiger partial charge in [0.25, 0.3) is 0 Å². The van der Waals surface area contributed by atoms with E-state index in [-0.39, 0.29) is 61.1 Å². The maximum atomic E-state index is 9.71. The zero-order chi connectivity index (χ0) is 20.0. The van der Waals surface area contributed by atoms with Crippen molar-refractivity contribution in [2.75, 3.05) is 0 Å². The summed E-state index contributed by atoms with van der Waals surface area (Å²) in [5.41, 5.74) is 25.4. The molecule has 0 aliphatic rings. The Labute approximate surface area is 205 Å². The Hall–Kier alpha value is -0.520. The molecule has 0 heterocycles. The fourth-order valence-corrected chi connectivity index (χ4v) is 0.908. The summed E-state index contributed by atoms with van der Waals surface area (Å²) in [6.45, 7) is 7.53. The molecule has 0 atom stereocenters. The first-order chi connectivity index (χ1) is 11.1. The Bertz CT molecular complexity index is 291. The zero-order valence-electron chi connectivity index (χ0n) is 17.0. The summed E-state index contributed by atoms with van der Waals surface area (Å²) >= 11 is 0. The standard InChI is InChI=1S/4C4H9NO.2FH.2Hf/c4*1-2-3-4(5)6;;;;/h4*2-3H2,1H3,(H2,5,6);2*1H;;/p-6. The second-order valence-electron chi connectivity index (χ2n) is 4.69. The summed E-state index contributed by atoms with van der Waals surface area (Å²) < 4.78 is 0. The van der Waals surface area contributed by atoms with Gasteiger partial charge in [-0.05, 0) is 25.7 Å². The number of hydrogen-bond acceptors (Lipinski definition) is 4. The number of carbonyl (C=O) groups is 4. The molecule has 0 aromatic heterocycles. The third-order valence-electron chi connectivity index (χ3n) is 1.91. The minimum Gasteiger partial charge on any atom is -1.00 e. The van der Waals surface area contributed by atoms with Gasteiger partial charge in [-0.1, -0.05) is 53.4 Å². The van der Waals surface area contributed by atoms with E-state index in [0.29, 0.717) is 25.7 Å². The normalized spacial score (nSPS) is 7.00. The molecule has 8 nitrogen and oxygen atoms in total. The molecular weight excluding hydrogens is 707 g/mol. The number of amides is 4. The number of halogens is 2. The molecule has 4 N–H and O–H groups in total. The van der Waals surface area contributed by atoms with Crippen LogP contribution in [0.25, 0.3) is 22.9 Å². The molecule has 0 saturated carbocycles. The van der Waals surface area contributed by atoms with E-state index in [0.717, 1.165) is 25.7 Å². The second-order valence-corrected chi connectivity index (χ2v) is 4.69. The molecule has 0 aliphatic heterocycles. The predicted octanol–water partition coefficient (Wildman–Crippen LogP) is -0.536. The molecule has 0 fully saturated rings. The van der Waals surface area contributed by atoms with E-state index in [9.17, 15) is 19.2 Å². The monoisotopic (exact) mass is 742 g/mol. The van der Waals surface area contributed by atoms with Gasteiger partial charge in [0.05, 0.1) is 0 Å². The van der Waals surface area contributed by atoms with Gasteiger partial charge in [0.15, 0.2) is 0 Å². The van der Waals surface area contributed by atoms with Crippen molar-refractivity contribution in [2.45, 2.75) is 79.1 Å². The van der Waals surface area contributed by atoms with Gasteiger partial charge in [-0.2, -0.15) is 0 Å². The van der Waals surface area contributed by atoms with Crippen LogP contribution < -0.4 is 9.41 Å². The van der Waals surface area contributed by atoms with Crippen LogP contribution in [-0.4, -0.2) is 23.6 Å². The first kappa shape index (κ1) is 50.8. The van der Waals surface area contributed by atoms with Crippen molar-refractivity contribution in [1.82, 2.24) is 0 Å². The molecular formula is C16H32F2Hf2N4O4-6. The Morgan fingerprint density at radius 3 is 0.571 bits per heavy atom. The maximum Gasteiger partial charge on any atom is 0.0487 e. The molecule has 0 radical (unpaired) electrons. The van der Waals surface area contributed by atoms with Gasteiger partial charge in [0.2, 0.25) is 0 Å². The third-order valence-corrected chi connectivity index (χ3v) is 1.91. The van der Waals surface area contributed by atoms with E-state index in [2.05, 4.69) is 0 Å². The third kappa shape index (κ3) is 116. The molecule has 12 heteroatoms. The van der Waals surface area contributed by atoms with Gasteiger partial charge >= 0.3 is 0 Å². The topological polar surface area (TPSA) is 163 Å². The van der Waals surface area contributed by atoms with Crippen LogP contribution in [0.5, 0.6) is 0 Å². The SMILES string of the molecule is CCCC([NH-])=O.CCCC([NH-])=O.CCCC([NH-])=O.CCCC([NH-])=O.[F-].[F-].[Hf].[Hf]. The van der Waals surface area contributed by atoms with E-state index in [4.69, 9.17) is 22.9 Å². The van der Waals surface area contributed by atoms with Crippen molar-refractivity contribution >= 4 is 23.6 Å². The molecule has 0 spiro atoms. The van der Waals surface area contributed by atoms with E-state index >= 15 is 0 Å². The van der Waals surface area contributed by atoms with Crippen LogP contribution in [0.1, 0.15) is 79.1 Å². The van der Waals surface area contributed by atoms with Gasteiger partial charge in [-0.15, -0.1) is 0 Å². The van der Waals surface area contributed by atoms with Crippen molar-refractivity contribution in [2.24, 2.45) is 0 Å². The van der Waals surface area contributed by atoms with E-state index in [1.165, 1.54) is 0 Å². The van der Waals surface area contributed by atoms with Crippen molar-refractivity contribution in [3.63, 3.8) is 0 Å². The van der Waals surface area contributed by atoms with E-state index < -0.39 is 23.6 Å². The minimum atomic E-state index is -0.461. The first-order valence-corrected chi connectivity index (χ1v) is 8.06. The Kier molecular flexibility index (Phi) is 82.2. The number of carbonyl (C=O) groups excluding carboxylic acids is 4. The van der Waals surface area contributed by atoms with Crippen molar-refractivity contribution in [3.05, 3.63) is 22.9 Å². The average molecular weight is 739 g/mol. The molecule has 0 aromatic rings. The first-order valence-electron chi connectivity index (χ1n) is 8.06. The van der Waals surface area contributed by atoms with Gasteiger partial charge in [0, 0.05) is 75.3 Å². The molecule has 0 bridgehead atoms. The van der Waals surface area contributed by atoms with Crippen LogP contribution in [0.4, 0.5) is 0 Å². The molecule has 0 rings (SSSR count). The number of nitrogens with one attached hydrogen (secondary N) is 4. The Balaban J connectivity index is -0.0000000303. The summed E-state index contributed by atoms with van der Waals surface area (Å²) in [4.78, 5) is 38.8. The number of rotatable bonds is 8. The average Bonchev–Trinajstić information content (AvgIpc) is 2.39. The van der Waals surface area contributed by atoms with Crippen LogP contribution in [-0.2, 0) is 70.9 Å². The molecule has 4 amide bonds. The fraction of sp³-hybridized carbons (Fsp3) is 0.750. The van der Waals surface area contributed by atoms with Crippen LogP contribution in [0.3, 0.4) is 0 Å². The van der Waals surface area contributed by atoms with Gasteiger partial charge in [-0.25, -0.2) is 0 Å². The Morgan fingerprint density at radius 1 is 0.464 bits per heavy atom. The van der Waals surface area contributed by atoms with Crippen LogP contribution in [0.15, 0.2) is 0 Å². The van der Waals surface area contributed by atoms with Crippen LogP contribution in [0, 0.1) is 0 Å². The molecule has 0 saturated heterocycles. The Morgan fingerprint density at radius 2 is 0.571 bits per heavy atom. The summed E-state index contributed by atoms with van der Waals surface area (Å²) in [7, 11) is 0. The van der Waals surface area contributed by atoms with Crippen LogP contribution >= 0.6 is 0 Å². The summed E-state index contributed by atoms with van der Waals surface area (Å²) in [5, 5.41) is 0. The molecule has 28 heavy (non-hydrogen) atoms. The zero-order valence-corrected chi connectivity index (χ0v) is 24.2. The molecule has 0 aromatic carbocycles. The largest absolute Gasteiger partial charge is 1.00 e. The summed E-state index contributed by atoms with van der Waals surface area (Å²) in [5.74, 6) is -1.84. The van der Waals surface area contributed by atoms with Gasteiger partial charge in [0.1, 0.15) is 0 Å². The van der Waals surface area contributed by atoms with Gasteiger partial charge in [-0.3, -0.25) is 0 Å². The second kappa shape index (κ2) is 45.3. The van der Waals surface area contributed by atoms with Crippen molar-refractivity contribution < 1.29 is 80.3 Å².